The average molecular weight is 324 g/mol. The van der Waals surface area contributed by atoms with E-state index in [0.717, 1.165) is 32.7 Å². The first kappa shape index (κ1) is 16.4. The second-order valence-corrected chi connectivity index (χ2v) is 7.49. The Balaban J connectivity index is 1.41. The quantitative estimate of drug-likeness (QED) is 0.719. The van der Waals surface area contributed by atoms with Crippen LogP contribution >= 0.6 is 11.3 Å². The summed E-state index contributed by atoms with van der Waals surface area (Å²) in [6.07, 6.45) is 4.25. The largest absolute Gasteiger partial charge is 0.377 e. The predicted octanol–water partition coefficient (Wildman–Crippen LogP) is 2.45. The minimum Gasteiger partial charge on any atom is -0.377 e. The molecule has 3 heterocycles. The Morgan fingerprint density at radius 2 is 2.27 bits per heavy atom. The highest BCUT2D eigenvalue weighted by molar-refractivity contribution is 7.07. The van der Waals surface area contributed by atoms with E-state index in [1.165, 1.54) is 24.9 Å². The highest BCUT2D eigenvalue weighted by atomic mass is 32.1. The first-order chi connectivity index (χ1) is 10.7. The van der Waals surface area contributed by atoms with Gasteiger partial charge in [0, 0.05) is 25.7 Å². The third-order valence-electron chi connectivity index (χ3n) is 4.70. The molecule has 0 spiro atoms. The molecule has 22 heavy (non-hydrogen) atoms. The van der Waals surface area contributed by atoms with Gasteiger partial charge < -0.3 is 14.4 Å². The minimum absolute atomic E-state index is 0.296. The highest BCUT2D eigenvalue weighted by Gasteiger charge is 2.39. The first-order valence-electron chi connectivity index (χ1n) is 8.35. The van der Waals surface area contributed by atoms with E-state index in [9.17, 15) is 0 Å². The van der Waals surface area contributed by atoms with E-state index >= 15 is 0 Å². The van der Waals surface area contributed by atoms with Crippen molar-refractivity contribution in [3.63, 3.8) is 0 Å². The Bertz CT molecular complexity index is 438. The van der Waals surface area contributed by atoms with Gasteiger partial charge in [-0.15, -0.1) is 0 Å². The fourth-order valence-corrected chi connectivity index (χ4v) is 4.14. The molecular weight excluding hydrogens is 296 g/mol. The van der Waals surface area contributed by atoms with E-state index in [1.54, 1.807) is 11.3 Å². The third-order valence-corrected chi connectivity index (χ3v) is 5.44. The Morgan fingerprint density at radius 3 is 3.05 bits per heavy atom. The Kier molecular flexibility index (Phi) is 5.88. The van der Waals surface area contributed by atoms with Crippen molar-refractivity contribution in [3.8, 4) is 0 Å². The molecule has 2 fully saturated rings. The van der Waals surface area contributed by atoms with E-state index < -0.39 is 0 Å². The molecule has 0 bridgehead atoms. The zero-order valence-corrected chi connectivity index (χ0v) is 14.6. The number of thiophene rings is 1. The molecule has 1 aromatic heterocycles. The van der Waals surface area contributed by atoms with Gasteiger partial charge in [-0.05, 0) is 55.7 Å². The van der Waals surface area contributed by atoms with Crippen LogP contribution in [-0.4, -0.2) is 68.4 Å². The standard InChI is InChI=1S/C17H28N2O2S/c1-18(2)8-9-20-12-15-3-4-16-17(21-15)5-7-19(16)11-14-6-10-22-13-14/h6,10,13,15-17H,3-5,7-9,11-12H2,1-2H3/t15-,16+,17+/m1/s1. The molecule has 1 aromatic rings. The van der Waals surface area contributed by atoms with Crippen LogP contribution in [0.1, 0.15) is 24.8 Å². The van der Waals surface area contributed by atoms with E-state index in [4.69, 9.17) is 9.47 Å². The number of hydrogen-bond donors (Lipinski definition) is 0. The lowest BCUT2D eigenvalue weighted by molar-refractivity contribution is -0.100. The number of nitrogens with zero attached hydrogens (tertiary/aromatic N) is 2. The van der Waals surface area contributed by atoms with Gasteiger partial charge in [-0.25, -0.2) is 0 Å². The van der Waals surface area contributed by atoms with Crippen LogP contribution < -0.4 is 0 Å². The van der Waals surface area contributed by atoms with Gasteiger partial charge in [-0.1, -0.05) is 0 Å². The van der Waals surface area contributed by atoms with Crippen molar-refractivity contribution in [1.29, 1.82) is 0 Å². The van der Waals surface area contributed by atoms with E-state index in [2.05, 4.69) is 40.7 Å². The summed E-state index contributed by atoms with van der Waals surface area (Å²) in [5.74, 6) is 0. The second kappa shape index (κ2) is 7.88. The number of ether oxygens (including phenoxy) is 2. The van der Waals surface area contributed by atoms with Gasteiger partial charge in [0.25, 0.3) is 0 Å². The van der Waals surface area contributed by atoms with Crippen molar-refractivity contribution in [2.75, 3.05) is 40.4 Å². The third kappa shape index (κ3) is 4.30. The molecule has 0 aliphatic carbocycles. The molecule has 0 amide bonds. The monoisotopic (exact) mass is 324 g/mol. The maximum absolute atomic E-state index is 6.29. The molecule has 4 nitrogen and oxygen atoms in total. The molecule has 2 saturated heterocycles. The molecule has 5 heteroatoms. The lowest BCUT2D eigenvalue weighted by Crippen LogP contribution is -2.43. The van der Waals surface area contributed by atoms with Crippen LogP contribution in [0.2, 0.25) is 0 Å². The van der Waals surface area contributed by atoms with E-state index in [1.807, 2.05) is 0 Å². The minimum atomic E-state index is 0.296. The van der Waals surface area contributed by atoms with Crippen LogP contribution in [0, 0.1) is 0 Å². The molecule has 2 aliphatic heterocycles. The Labute approximate surface area is 138 Å². The van der Waals surface area contributed by atoms with Gasteiger partial charge in [0.15, 0.2) is 0 Å². The smallest absolute Gasteiger partial charge is 0.0813 e. The number of hydrogen-bond acceptors (Lipinski definition) is 5. The van der Waals surface area contributed by atoms with Crippen LogP contribution in [-0.2, 0) is 16.0 Å². The highest BCUT2D eigenvalue weighted by Crippen LogP contribution is 2.32. The summed E-state index contributed by atoms with van der Waals surface area (Å²) in [6.45, 7) is 4.78. The summed E-state index contributed by atoms with van der Waals surface area (Å²) < 4.78 is 12.1. The van der Waals surface area contributed by atoms with Crippen molar-refractivity contribution in [3.05, 3.63) is 22.4 Å². The van der Waals surface area contributed by atoms with Gasteiger partial charge >= 0.3 is 0 Å². The molecule has 0 saturated carbocycles. The predicted molar refractivity (Wildman–Crippen MR) is 90.4 cm³/mol. The lowest BCUT2D eigenvalue weighted by atomic mass is 9.99. The molecule has 0 aromatic carbocycles. The maximum Gasteiger partial charge on any atom is 0.0813 e. The Hall–Kier alpha value is -0.460. The Morgan fingerprint density at radius 1 is 1.36 bits per heavy atom. The molecule has 3 atom stereocenters. The molecule has 2 aliphatic rings. The summed E-state index contributed by atoms with van der Waals surface area (Å²) in [4.78, 5) is 4.76. The van der Waals surface area contributed by atoms with Gasteiger partial charge in [0.2, 0.25) is 0 Å². The first-order valence-corrected chi connectivity index (χ1v) is 9.29. The molecular formula is C17H28N2O2S. The van der Waals surface area contributed by atoms with Crippen molar-refractivity contribution in [2.45, 2.75) is 44.1 Å². The molecule has 124 valence electrons. The fourth-order valence-electron chi connectivity index (χ4n) is 3.48. The fraction of sp³-hybridized carbons (Fsp3) is 0.765. The van der Waals surface area contributed by atoms with Gasteiger partial charge in [0.1, 0.15) is 0 Å². The van der Waals surface area contributed by atoms with Crippen LogP contribution in [0.3, 0.4) is 0 Å². The van der Waals surface area contributed by atoms with Crippen LogP contribution in [0.15, 0.2) is 16.8 Å². The van der Waals surface area contributed by atoms with E-state index in [-0.39, 0.29) is 0 Å². The lowest BCUT2D eigenvalue weighted by Gasteiger charge is -2.36. The van der Waals surface area contributed by atoms with Crippen LogP contribution in [0.4, 0.5) is 0 Å². The van der Waals surface area contributed by atoms with Gasteiger partial charge in [0.05, 0.1) is 25.4 Å². The number of fused-ring (bicyclic) bond motifs is 1. The van der Waals surface area contributed by atoms with Crippen molar-refractivity contribution in [2.24, 2.45) is 0 Å². The van der Waals surface area contributed by atoms with Crippen molar-refractivity contribution < 1.29 is 9.47 Å². The second-order valence-electron chi connectivity index (χ2n) is 6.71. The number of likely N-dealkylation sites (N-methyl/N-ethyl adjacent to an activating group) is 1. The summed E-state index contributed by atoms with van der Waals surface area (Å²) in [5.41, 5.74) is 1.44. The summed E-state index contributed by atoms with van der Waals surface area (Å²) in [5, 5.41) is 4.43. The summed E-state index contributed by atoms with van der Waals surface area (Å²) in [7, 11) is 4.15. The zero-order valence-electron chi connectivity index (χ0n) is 13.7. The molecule has 3 rings (SSSR count). The maximum atomic E-state index is 6.29. The topological polar surface area (TPSA) is 24.9 Å². The summed E-state index contributed by atoms with van der Waals surface area (Å²) >= 11 is 1.79. The van der Waals surface area contributed by atoms with Crippen molar-refractivity contribution in [1.82, 2.24) is 9.80 Å². The SMILES string of the molecule is CN(C)CCOC[C@H]1CC[C@H]2[C@H](CCN2Cc2ccsc2)O1. The van der Waals surface area contributed by atoms with Crippen molar-refractivity contribution >= 4 is 11.3 Å². The van der Waals surface area contributed by atoms with Gasteiger partial charge in [-0.3, -0.25) is 4.90 Å². The number of likely N-dealkylation sites (tertiary alicyclic amines) is 1. The van der Waals surface area contributed by atoms with Crippen LogP contribution in [0.25, 0.3) is 0 Å². The molecule has 0 radical (unpaired) electrons. The normalized spacial score (nSPS) is 29.1. The van der Waals surface area contributed by atoms with E-state index in [0.29, 0.717) is 18.2 Å². The van der Waals surface area contributed by atoms with Gasteiger partial charge in [-0.2, -0.15) is 11.3 Å². The average Bonchev–Trinajstić information content (AvgIpc) is 3.14. The molecule has 0 N–H and O–H groups in total. The number of rotatable bonds is 7. The zero-order chi connectivity index (χ0) is 15.4. The molecule has 0 unspecified atom stereocenters. The van der Waals surface area contributed by atoms with Crippen LogP contribution in [0.5, 0.6) is 0 Å². The summed E-state index contributed by atoms with van der Waals surface area (Å²) in [6, 6.07) is 2.85.